The molecule has 16 heavy (non-hydrogen) atoms. The first kappa shape index (κ1) is 10.8. The number of aromatic nitrogens is 4. The van der Waals surface area contributed by atoms with Crippen LogP contribution >= 0.6 is 0 Å². The molecular weight excluding hydrogens is 202 g/mol. The van der Waals surface area contributed by atoms with Crippen LogP contribution in [0.15, 0.2) is 30.3 Å². The van der Waals surface area contributed by atoms with Crippen molar-refractivity contribution in [1.29, 1.82) is 0 Å². The molecule has 5 heteroatoms. The van der Waals surface area contributed by atoms with Crippen LogP contribution in [0.5, 0.6) is 0 Å². The summed E-state index contributed by atoms with van der Waals surface area (Å²) >= 11 is 0. The zero-order chi connectivity index (χ0) is 11.2. The van der Waals surface area contributed by atoms with E-state index in [1.165, 1.54) is 0 Å². The largest absolute Gasteiger partial charge is 0.320 e. The summed E-state index contributed by atoms with van der Waals surface area (Å²) in [6.07, 6.45) is 1.91. The molecule has 0 aliphatic carbocycles. The normalized spacial score (nSPS) is 10.6. The fraction of sp³-hybridized carbons (Fsp3) is 0.364. The predicted molar refractivity (Wildman–Crippen MR) is 61.4 cm³/mol. The molecule has 1 aromatic carbocycles. The first-order valence-electron chi connectivity index (χ1n) is 5.39. The number of hydrogen-bond donors (Lipinski definition) is 1. The number of tetrazole rings is 1. The number of nitrogens with one attached hydrogen (secondary N) is 1. The van der Waals surface area contributed by atoms with E-state index in [0.29, 0.717) is 0 Å². The Morgan fingerprint density at radius 2 is 2.06 bits per heavy atom. The monoisotopic (exact) mass is 217 g/mol. The Balaban J connectivity index is 2.13. The smallest absolute Gasteiger partial charge is 0.156 e. The molecule has 0 aliphatic heterocycles. The maximum absolute atomic E-state index is 4.04. The maximum Gasteiger partial charge on any atom is 0.156 e. The molecule has 1 aromatic heterocycles. The lowest BCUT2D eigenvalue weighted by Gasteiger charge is -2.03. The van der Waals surface area contributed by atoms with Crippen LogP contribution < -0.4 is 5.32 Å². The summed E-state index contributed by atoms with van der Waals surface area (Å²) in [6, 6.07) is 9.94. The highest BCUT2D eigenvalue weighted by Gasteiger charge is 2.06. The molecule has 5 nitrogen and oxygen atoms in total. The summed E-state index contributed by atoms with van der Waals surface area (Å²) in [5.41, 5.74) is 1.01. The lowest BCUT2D eigenvalue weighted by molar-refractivity contribution is 0.681. The van der Waals surface area contributed by atoms with Crippen molar-refractivity contribution in [2.75, 3.05) is 13.6 Å². The highest BCUT2D eigenvalue weighted by molar-refractivity contribution is 5.30. The molecule has 1 heterocycles. The van der Waals surface area contributed by atoms with Gasteiger partial charge in [0, 0.05) is 6.42 Å². The topological polar surface area (TPSA) is 55.6 Å². The molecule has 0 radical (unpaired) electrons. The third kappa shape index (κ3) is 2.43. The Morgan fingerprint density at radius 3 is 2.81 bits per heavy atom. The highest BCUT2D eigenvalue weighted by atomic mass is 15.5. The molecule has 0 bridgehead atoms. The van der Waals surface area contributed by atoms with E-state index in [9.17, 15) is 0 Å². The maximum atomic E-state index is 4.04. The van der Waals surface area contributed by atoms with Gasteiger partial charge in [-0.3, -0.25) is 0 Å². The second kappa shape index (κ2) is 5.37. The van der Waals surface area contributed by atoms with Crippen molar-refractivity contribution in [3.8, 4) is 5.69 Å². The van der Waals surface area contributed by atoms with E-state index in [0.717, 1.165) is 30.9 Å². The third-order valence-electron chi connectivity index (χ3n) is 2.36. The van der Waals surface area contributed by atoms with Gasteiger partial charge in [0.1, 0.15) is 0 Å². The predicted octanol–water partition coefficient (Wildman–Crippen LogP) is 0.814. The lowest BCUT2D eigenvalue weighted by Crippen LogP contribution is -2.10. The molecule has 0 atom stereocenters. The van der Waals surface area contributed by atoms with Crippen molar-refractivity contribution < 1.29 is 0 Å². The molecule has 0 saturated heterocycles. The lowest BCUT2D eigenvalue weighted by atomic mass is 10.2. The fourth-order valence-corrected chi connectivity index (χ4v) is 1.55. The molecule has 2 aromatic rings. The Morgan fingerprint density at radius 1 is 1.25 bits per heavy atom. The first-order chi connectivity index (χ1) is 7.92. The molecule has 0 aliphatic rings. The van der Waals surface area contributed by atoms with Gasteiger partial charge < -0.3 is 5.32 Å². The number of aryl methyl sites for hydroxylation is 1. The Bertz CT molecular complexity index is 423. The number of benzene rings is 1. The van der Waals surface area contributed by atoms with Crippen LogP contribution in [0.1, 0.15) is 12.2 Å². The van der Waals surface area contributed by atoms with Crippen LogP contribution in [0, 0.1) is 0 Å². The van der Waals surface area contributed by atoms with Crippen LogP contribution in [0.2, 0.25) is 0 Å². The van der Waals surface area contributed by atoms with Crippen LogP contribution in [0.4, 0.5) is 0 Å². The van der Waals surface area contributed by atoms with E-state index in [1.807, 2.05) is 37.4 Å². The van der Waals surface area contributed by atoms with E-state index in [1.54, 1.807) is 4.68 Å². The molecular formula is C11H15N5. The first-order valence-corrected chi connectivity index (χ1v) is 5.39. The average molecular weight is 217 g/mol. The van der Waals surface area contributed by atoms with Gasteiger partial charge in [-0.15, -0.1) is 5.10 Å². The minimum atomic E-state index is 0.878. The van der Waals surface area contributed by atoms with Gasteiger partial charge in [-0.1, -0.05) is 18.2 Å². The van der Waals surface area contributed by atoms with Crippen molar-refractivity contribution in [2.24, 2.45) is 0 Å². The number of para-hydroxylation sites is 1. The standard InChI is InChI=1S/C11H15N5/c1-12-9-5-8-11-13-14-15-16(11)10-6-3-2-4-7-10/h2-4,6-7,12H,5,8-9H2,1H3. The summed E-state index contributed by atoms with van der Waals surface area (Å²) in [7, 11) is 1.94. The molecule has 0 spiro atoms. The molecule has 1 N–H and O–H groups in total. The number of nitrogens with zero attached hydrogens (tertiary/aromatic N) is 4. The van der Waals surface area contributed by atoms with E-state index in [-0.39, 0.29) is 0 Å². The van der Waals surface area contributed by atoms with Crippen molar-refractivity contribution in [2.45, 2.75) is 12.8 Å². The van der Waals surface area contributed by atoms with E-state index >= 15 is 0 Å². The van der Waals surface area contributed by atoms with Crippen LogP contribution in [-0.4, -0.2) is 33.8 Å². The molecule has 0 amide bonds. The van der Waals surface area contributed by atoms with Crippen LogP contribution in [0.3, 0.4) is 0 Å². The Hall–Kier alpha value is -1.75. The summed E-state index contributed by atoms with van der Waals surface area (Å²) in [6.45, 7) is 0.974. The number of rotatable bonds is 5. The van der Waals surface area contributed by atoms with Crippen molar-refractivity contribution in [3.63, 3.8) is 0 Å². The summed E-state index contributed by atoms with van der Waals surface area (Å²) < 4.78 is 1.79. The molecule has 0 unspecified atom stereocenters. The Labute approximate surface area is 94.5 Å². The summed E-state index contributed by atoms with van der Waals surface area (Å²) in [5.74, 6) is 0.904. The highest BCUT2D eigenvalue weighted by Crippen LogP contribution is 2.07. The van der Waals surface area contributed by atoms with Gasteiger partial charge in [0.25, 0.3) is 0 Å². The summed E-state index contributed by atoms with van der Waals surface area (Å²) in [4.78, 5) is 0. The van der Waals surface area contributed by atoms with Gasteiger partial charge in [-0.2, -0.15) is 4.68 Å². The SMILES string of the molecule is CNCCCc1nnnn1-c1ccccc1. The average Bonchev–Trinajstić information content (AvgIpc) is 2.79. The third-order valence-corrected chi connectivity index (χ3v) is 2.36. The fourth-order valence-electron chi connectivity index (χ4n) is 1.55. The van der Waals surface area contributed by atoms with Crippen LogP contribution in [0.25, 0.3) is 5.69 Å². The Kier molecular flexibility index (Phi) is 3.61. The van der Waals surface area contributed by atoms with Gasteiger partial charge in [0.15, 0.2) is 5.82 Å². The minimum absolute atomic E-state index is 0.878. The zero-order valence-electron chi connectivity index (χ0n) is 9.30. The van der Waals surface area contributed by atoms with E-state index in [4.69, 9.17) is 0 Å². The molecule has 0 saturated carbocycles. The summed E-state index contributed by atoms with van der Waals surface area (Å²) in [5, 5.41) is 14.9. The van der Waals surface area contributed by atoms with Crippen molar-refractivity contribution in [3.05, 3.63) is 36.2 Å². The zero-order valence-corrected chi connectivity index (χ0v) is 9.30. The second-order valence-electron chi connectivity index (χ2n) is 3.55. The van der Waals surface area contributed by atoms with Gasteiger partial charge >= 0.3 is 0 Å². The van der Waals surface area contributed by atoms with Gasteiger partial charge in [-0.05, 0) is 42.6 Å². The molecule has 0 fully saturated rings. The quantitative estimate of drug-likeness (QED) is 0.753. The van der Waals surface area contributed by atoms with Crippen molar-refractivity contribution in [1.82, 2.24) is 25.5 Å². The van der Waals surface area contributed by atoms with Crippen molar-refractivity contribution >= 4 is 0 Å². The minimum Gasteiger partial charge on any atom is -0.320 e. The van der Waals surface area contributed by atoms with E-state index < -0.39 is 0 Å². The number of hydrogen-bond acceptors (Lipinski definition) is 4. The van der Waals surface area contributed by atoms with Gasteiger partial charge in [0.2, 0.25) is 0 Å². The van der Waals surface area contributed by atoms with Gasteiger partial charge in [0.05, 0.1) is 5.69 Å². The van der Waals surface area contributed by atoms with E-state index in [2.05, 4.69) is 20.8 Å². The van der Waals surface area contributed by atoms with Crippen LogP contribution in [-0.2, 0) is 6.42 Å². The van der Waals surface area contributed by atoms with Gasteiger partial charge in [-0.25, -0.2) is 0 Å². The molecule has 84 valence electrons. The second-order valence-corrected chi connectivity index (χ2v) is 3.55. The molecule has 2 rings (SSSR count).